The summed E-state index contributed by atoms with van der Waals surface area (Å²) in [6.07, 6.45) is 2.10. The number of nitrogens with zero attached hydrogens (tertiary/aromatic N) is 1. The van der Waals surface area contributed by atoms with Crippen LogP contribution in [-0.4, -0.2) is 13.6 Å². The van der Waals surface area contributed by atoms with Crippen molar-refractivity contribution in [2.75, 3.05) is 18.5 Å². The summed E-state index contributed by atoms with van der Waals surface area (Å²) in [6.45, 7) is 1.89. The molecule has 1 aromatic carbocycles. The Bertz CT molecular complexity index is 368. The standard InChI is InChI=1S/C12H15F2N/c1-12(13,14)10-6-5-9-4-3-7-15(2)11(9)8-10/h5-6,8H,3-4,7H2,1-2H3. The van der Waals surface area contributed by atoms with Crippen LogP contribution in [0.25, 0.3) is 0 Å². The van der Waals surface area contributed by atoms with Crippen molar-refractivity contribution in [2.24, 2.45) is 0 Å². The minimum absolute atomic E-state index is 0.106. The van der Waals surface area contributed by atoms with Crippen molar-refractivity contribution in [3.8, 4) is 0 Å². The molecule has 15 heavy (non-hydrogen) atoms. The molecule has 0 fully saturated rings. The van der Waals surface area contributed by atoms with Crippen molar-refractivity contribution < 1.29 is 8.78 Å². The summed E-state index contributed by atoms with van der Waals surface area (Å²) in [4.78, 5) is 2.05. The summed E-state index contributed by atoms with van der Waals surface area (Å²) in [5.74, 6) is -2.74. The van der Waals surface area contributed by atoms with Gasteiger partial charge in [0.15, 0.2) is 0 Å². The smallest absolute Gasteiger partial charge is 0.270 e. The van der Waals surface area contributed by atoms with Crippen molar-refractivity contribution in [1.29, 1.82) is 0 Å². The van der Waals surface area contributed by atoms with E-state index in [9.17, 15) is 8.78 Å². The van der Waals surface area contributed by atoms with Gasteiger partial charge in [0.2, 0.25) is 0 Å². The number of aryl methyl sites for hydroxylation is 1. The molecule has 1 nitrogen and oxygen atoms in total. The van der Waals surface area contributed by atoms with Crippen LogP contribution < -0.4 is 4.90 Å². The molecular formula is C12H15F2N. The number of rotatable bonds is 1. The second-order valence-electron chi connectivity index (χ2n) is 4.26. The minimum Gasteiger partial charge on any atom is -0.374 e. The van der Waals surface area contributed by atoms with E-state index in [-0.39, 0.29) is 5.56 Å². The number of hydrogen-bond acceptors (Lipinski definition) is 1. The van der Waals surface area contributed by atoms with Gasteiger partial charge in [-0.05, 0) is 24.5 Å². The van der Waals surface area contributed by atoms with Gasteiger partial charge < -0.3 is 4.90 Å². The van der Waals surface area contributed by atoms with E-state index in [1.807, 2.05) is 18.0 Å². The van der Waals surface area contributed by atoms with Crippen LogP contribution in [0, 0.1) is 0 Å². The molecule has 1 aliphatic heterocycles. The molecule has 1 aromatic rings. The lowest BCUT2D eigenvalue weighted by Crippen LogP contribution is -2.25. The monoisotopic (exact) mass is 211 g/mol. The molecule has 0 aliphatic carbocycles. The van der Waals surface area contributed by atoms with Crippen LogP contribution in [0.2, 0.25) is 0 Å². The van der Waals surface area contributed by atoms with E-state index in [0.29, 0.717) is 0 Å². The van der Waals surface area contributed by atoms with Gasteiger partial charge in [-0.25, -0.2) is 8.78 Å². The average molecular weight is 211 g/mol. The SMILES string of the molecule is CN1CCCc2ccc(C(C)(F)F)cc21. The zero-order valence-corrected chi connectivity index (χ0v) is 9.06. The van der Waals surface area contributed by atoms with Crippen LogP contribution in [0.3, 0.4) is 0 Å². The molecule has 0 amide bonds. The molecule has 0 bridgehead atoms. The fourth-order valence-electron chi connectivity index (χ4n) is 2.03. The van der Waals surface area contributed by atoms with E-state index in [1.165, 1.54) is 11.6 Å². The summed E-state index contributed by atoms with van der Waals surface area (Å²) < 4.78 is 26.3. The van der Waals surface area contributed by atoms with E-state index in [2.05, 4.69) is 0 Å². The molecule has 3 heteroatoms. The van der Waals surface area contributed by atoms with Gasteiger partial charge >= 0.3 is 0 Å². The van der Waals surface area contributed by atoms with Gasteiger partial charge in [-0.3, -0.25) is 0 Å². The van der Waals surface area contributed by atoms with Crippen LogP contribution in [-0.2, 0) is 12.3 Å². The topological polar surface area (TPSA) is 3.24 Å². The third-order valence-electron chi connectivity index (χ3n) is 2.94. The van der Waals surface area contributed by atoms with Crippen LogP contribution in [0.4, 0.5) is 14.5 Å². The number of alkyl halides is 2. The van der Waals surface area contributed by atoms with Crippen molar-refractivity contribution in [3.63, 3.8) is 0 Å². The van der Waals surface area contributed by atoms with Crippen molar-refractivity contribution >= 4 is 5.69 Å². The van der Waals surface area contributed by atoms with E-state index in [0.717, 1.165) is 32.0 Å². The molecule has 0 saturated heterocycles. The normalized spacial score (nSPS) is 16.4. The maximum Gasteiger partial charge on any atom is 0.270 e. The Hall–Kier alpha value is -1.12. The third-order valence-corrected chi connectivity index (χ3v) is 2.94. The summed E-state index contributed by atoms with van der Waals surface area (Å²) in [5, 5.41) is 0. The van der Waals surface area contributed by atoms with Gasteiger partial charge in [0.25, 0.3) is 5.92 Å². The predicted molar refractivity (Wildman–Crippen MR) is 57.6 cm³/mol. The zero-order chi connectivity index (χ0) is 11.1. The number of hydrogen-bond donors (Lipinski definition) is 0. The molecular weight excluding hydrogens is 196 g/mol. The number of anilines is 1. The molecule has 0 radical (unpaired) electrons. The van der Waals surface area contributed by atoms with Gasteiger partial charge in [0, 0.05) is 31.8 Å². The molecule has 0 aromatic heterocycles. The van der Waals surface area contributed by atoms with Crippen LogP contribution in [0.5, 0.6) is 0 Å². The maximum atomic E-state index is 13.1. The highest BCUT2D eigenvalue weighted by atomic mass is 19.3. The van der Waals surface area contributed by atoms with Crippen LogP contribution in [0.15, 0.2) is 18.2 Å². The number of benzene rings is 1. The Morgan fingerprint density at radius 1 is 1.33 bits per heavy atom. The fourth-order valence-corrected chi connectivity index (χ4v) is 2.03. The Kier molecular flexibility index (Phi) is 2.41. The average Bonchev–Trinajstić information content (AvgIpc) is 2.16. The Labute approximate surface area is 88.7 Å². The molecule has 1 aliphatic rings. The number of fused-ring (bicyclic) bond motifs is 1. The van der Waals surface area contributed by atoms with E-state index in [1.54, 1.807) is 6.07 Å². The van der Waals surface area contributed by atoms with E-state index >= 15 is 0 Å². The van der Waals surface area contributed by atoms with Gasteiger partial charge in [0.1, 0.15) is 0 Å². The fraction of sp³-hybridized carbons (Fsp3) is 0.500. The Morgan fingerprint density at radius 3 is 2.73 bits per heavy atom. The van der Waals surface area contributed by atoms with E-state index < -0.39 is 5.92 Å². The second kappa shape index (κ2) is 3.47. The Balaban J connectivity index is 2.44. The molecule has 2 rings (SSSR count). The first-order valence-electron chi connectivity index (χ1n) is 5.21. The highest BCUT2D eigenvalue weighted by Crippen LogP contribution is 2.33. The molecule has 0 spiro atoms. The first-order chi connectivity index (χ1) is 6.98. The van der Waals surface area contributed by atoms with Gasteiger partial charge in [-0.15, -0.1) is 0 Å². The zero-order valence-electron chi connectivity index (χ0n) is 9.06. The molecule has 0 unspecified atom stereocenters. The highest BCUT2D eigenvalue weighted by molar-refractivity contribution is 5.57. The van der Waals surface area contributed by atoms with Gasteiger partial charge in [-0.2, -0.15) is 0 Å². The van der Waals surface area contributed by atoms with Crippen molar-refractivity contribution in [3.05, 3.63) is 29.3 Å². The molecule has 0 atom stereocenters. The maximum absolute atomic E-state index is 13.1. The third kappa shape index (κ3) is 1.96. The summed E-state index contributed by atoms with van der Waals surface area (Å²) in [5.41, 5.74) is 2.24. The number of halogens is 2. The molecule has 0 saturated carbocycles. The summed E-state index contributed by atoms with van der Waals surface area (Å²) >= 11 is 0. The summed E-state index contributed by atoms with van der Waals surface area (Å²) in [6, 6.07) is 4.99. The lowest BCUT2D eigenvalue weighted by atomic mass is 9.98. The first-order valence-corrected chi connectivity index (χ1v) is 5.21. The van der Waals surface area contributed by atoms with Crippen molar-refractivity contribution in [1.82, 2.24) is 0 Å². The minimum atomic E-state index is -2.74. The summed E-state index contributed by atoms with van der Waals surface area (Å²) in [7, 11) is 1.95. The lowest BCUT2D eigenvalue weighted by molar-refractivity contribution is 0.0175. The second-order valence-corrected chi connectivity index (χ2v) is 4.26. The Morgan fingerprint density at radius 2 is 2.07 bits per heavy atom. The molecule has 0 N–H and O–H groups in total. The quantitative estimate of drug-likeness (QED) is 0.689. The lowest BCUT2D eigenvalue weighted by Gasteiger charge is -2.28. The van der Waals surface area contributed by atoms with Gasteiger partial charge in [-0.1, -0.05) is 12.1 Å². The first kappa shape index (κ1) is 10.4. The molecule has 1 heterocycles. The molecule has 82 valence electrons. The largest absolute Gasteiger partial charge is 0.374 e. The van der Waals surface area contributed by atoms with E-state index in [4.69, 9.17) is 0 Å². The van der Waals surface area contributed by atoms with Gasteiger partial charge in [0.05, 0.1) is 0 Å². The van der Waals surface area contributed by atoms with Crippen molar-refractivity contribution in [2.45, 2.75) is 25.7 Å². The van der Waals surface area contributed by atoms with Crippen LogP contribution in [0.1, 0.15) is 24.5 Å². The highest BCUT2D eigenvalue weighted by Gasteiger charge is 2.26. The predicted octanol–water partition coefficient (Wildman–Crippen LogP) is 3.18. The van der Waals surface area contributed by atoms with Crippen LogP contribution >= 0.6 is 0 Å².